The van der Waals surface area contributed by atoms with Crippen molar-refractivity contribution in [3.8, 4) is 0 Å². The van der Waals surface area contributed by atoms with Crippen molar-refractivity contribution in [2.75, 3.05) is 0 Å². The summed E-state index contributed by atoms with van der Waals surface area (Å²) in [5.74, 6) is -1.07. The zero-order valence-corrected chi connectivity index (χ0v) is 7.07. The molecule has 5 nitrogen and oxygen atoms in total. The number of benzene rings is 1. The highest BCUT2D eigenvalue weighted by Gasteiger charge is 2.11. The number of para-hydroxylation sites is 1. The SMILES string of the molecule is [NH]C(=O)c1n[nH]c2ccccc2c1=O. The average molecular weight is 188 g/mol. The first kappa shape index (κ1) is 8.43. The van der Waals surface area contributed by atoms with Crippen LogP contribution in [0.4, 0.5) is 0 Å². The second kappa shape index (κ2) is 2.95. The molecule has 1 radical (unpaired) electrons. The van der Waals surface area contributed by atoms with Crippen LogP contribution in [0.25, 0.3) is 10.9 Å². The van der Waals surface area contributed by atoms with Gasteiger partial charge in [0.1, 0.15) is 0 Å². The number of aromatic nitrogens is 2. The number of amides is 1. The molecule has 5 heteroatoms. The first-order valence-electron chi connectivity index (χ1n) is 3.93. The van der Waals surface area contributed by atoms with Crippen LogP contribution in [0.1, 0.15) is 10.5 Å². The molecule has 0 aliphatic heterocycles. The standard InChI is InChI=1S/C9H6N3O2/c10-9(14)7-8(13)5-3-1-2-4-6(5)11-12-7/h1-4,10H,(H,11,13). The number of rotatable bonds is 1. The molecule has 0 unspecified atom stereocenters. The Morgan fingerprint density at radius 1 is 1.36 bits per heavy atom. The first-order chi connectivity index (χ1) is 6.70. The van der Waals surface area contributed by atoms with Gasteiger partial charge in [-0.05, 0) is 12.1 Å². The van der Waals surface area contributed by atoms with Gasteiger partial charge < -0.3 is 0 Å². The van der Waals surface area contributed by atoms with Crippen LogP contribution in [0.3, 0.4) is 0 Å². The molecule has 0 saturated carbocycles. The molecule has 0 spiro atoms. The number of hydrogen-bond donors (Lipinski definition) is 1. The van der Waals surface area contributed by atoms with Crippen molar-refractivity contribution in [2.24, 2.45) is 0 Å². The maximum absolute atomic E-state index is 11.5. The Morgan fingerprint density at radius 2 is 2.07 bits per heavy atom. The minimum absolute atomic E-state index is 0.372. The van der Waals surface area contributed by atoms with Crippen molar-refractivity contribution >= 4 is 16.8 Å². The van der Waals surface area contributed by atoms with Crippen molar-refractivity contribution in [1.29, 1.82) is 0 Å². The highest BCUT2D eigenvalue weighted by Crippen LogP contribution is 2.04. The van der Waals surface area contributed by atoms with Crippen LogP contribution in [-0.2, 0) is 0 Å². The minimum atomic E-state index is -1.07. The molecule has 14 heavy (non-hydrogen) atoms. The summed E-state index contributed by atoms with van der Waals surface area (Å²) in [6.45, 7) is 0. The highest BCUT2D eigenvalue weighted by molar-refractivity contribution is 5.93. The number of nitrogens with zero attached hydrogens (tertiary/aromatic N) is 1. The lowest BCUT2D eigenvalue weighted by molar-refractivity contribution is 0.0985. The van der Waals surface area contributed by atoms with Crippen LogP contribution in [-0.4, -0.2) is 16.1 Å². The minimum Gasteiger partial charge on any atom is -0.286 e. The number of carbonyl (C=O) groups excluding carboxylic acids is 1. The van der Waals surface area contributed by atoms with Gasteiger partial charge in [0, 0.05) is 5.39 Å². The van der Waals surface area contributed by atoms with Crippen LogP contribution in [0, 0.1) is 0 Å². The number of nitrogens with one attached hydrogen (secondary N) is 2. The molecule has 0 atom stereocenters. The van der Waals surface area contributed by atoms with Gasteiger partial charge in [-0.15, -0.1) is 0 Å². The van der Waals surface area contributed by atoms with Crippen LogP contribution < -0.4 is 11.2 Å². The van der Waals surface area contributed by atoms with E-state index in [1.807, 2.05) is 0 Å². The molecule has 2 aromatic rings. The first-order valence-corrected chi connectivity index (χ1v) is 3.93. The molecular formula is C9H6N3O2. The Hall–Kier alpha value is -2.17. The number of carbonyl (C=O) groups is 1. The van der Waals surface area contributed by atoms with Gasteiger partial charge >= 0.3 is 0 Å². The van der Waals surface area contributed by atoms with Crippen LogP contribution in [0.5, 0.6) is 0 Å². The molecule has 0 fully saturated rings. The lowest BCUT2D eigenvalue weighted by Gasteiger charge is -1.97. The van der Waals surface area contributed by atoms with E-state index in [1.165, 1.54) is 0 Å². The largest absolute Gasteiger partial charge is 0.294 e. The summed E-state index contributed by atoms with van der Waals surface area (Å²) in [5.41, 5.74) is 6.50. The van der Waals surface area contributed by atoms with Crippen molar-refractivity contribution in [3.05, 3.63) is 40.2 Å². The van der Waals surface area contributed by atoms with Crippen molar-refractivity contribution in [3.63, 3.8) is 0 Å². The van der Waals surface area contributed by atoms with Gasteiger partial charge in [-0.1, -0.05) is 12.1 Å². The lowest BCUT2D eigenvalue weighted by Crippen LogP contribution is -2.19. The Bertz CT molecular complexity index is 559. The fourth-order valence-electron chi connectivity index (χ4n) is 1.23. The molecule has 2 N–H and O–H groups in total. The molecule has 1 aromatic heterocycles. The molecule has 1 heterocycles. The predicted octanol–water partition coefficient (Wildman–Crippen LogP) is 0.346. The van der Waals surface area contributed by atoms with Gasteiger partial charge in [-0.25, -0.2) is 0 Å². The third-order valence-corrected chi connectivity index (χ3v) is 1.89. The summed E-state index contributed by atoms with van der Waals surface area (Å²) >= 11 is 0. The summed E-state index contributed by atoms with van der Waals surface area (Å²) in [4.78, 5) is 22.2. The van der Waals surface area contributed by atoms with Crippen molar-refractivity contribution in [1.82, 2.24) is 15.9 Å². The third kappa shape index (κ3) is 1.15. The highest BCUT2D eigenvalue weighted by atomic mass is 16.2. The quantitative estimate of drug-likeness (QED) is 0.700. The van der Waals surface area contributed by atoms with Gasteiger partial charge in [0.15, 0.2) is 5.69 Å². The van der Waals surface area contributed by atoms with Crippen LogP contribution in [0.15, 0.2) is 29.1 Å². The fraction of sp³-hybridized carbons (Fsp3) is 0. The van der Waals surface area contributed by atoms with Crippen molar-refractivity contribution < 1.29 is 4.79 Å². The molecule has 0 saturated heterocycles. The van der Waals surface area contributed by atoms with E-state index in [1.54, 1.807) is 24.3 Å². The average Bonchev–Trinajstić information content (AvgIpc) is 2.18. The van der Waals surface area contributed by atoms with E-state index >= 15 is 0 Å². The summed E-state index contributed by atoms with van der Waals surface area (Å²) in [5, 5.41) is 6.46. The molecule has 2 rings (SSSR count). The Balaban J connectivity index is 2.89. The van der Waals surface area contributed by atoms with Gasteiger partial charge in [0.05, 0.1) is 5.52 Å². The van der Waals surface area contributed by atoms with E-state index < -0.39 is 11.3 Å². The maximum atomic E-state index is 11.5. The number of H-pyrrole nitrogens is 1. The van der Waals surface area contributed by atoms with E-state index in [-0.39, 0.29) is 5.69 Å². The Kier molecular flexibility index (Phi) is 1.78. The lowest BCUT2D eigenvalue weighted by atomic mass is 10.2. The number of hydrogen-bond acceptors (Lipinski definition) is 3. The van der Waals surface area contributed by atoms with E-state index in [9.17, 15) is 9.59 Å². The van der Waals surface area contributed by atoms with Crippen LogP contribution in [0.2, 0.25) is 0 Å². The van der Waals surface area contributed by atoms with Gasteiger partial charge in [-0.3, -0.25) is 20.4 Å². The molecule has 1 amide bonds. The van der Waals surface area contributed by atoms with Gasteiger partial charge in [0.2, 0.25) is 5.43 Å². The van der Waals surface area contributed by atoms with E-state index in [2.05, 4.69) is 10.2 Å². The molecule has 0 aliphatic carbocycles. The van der Waals surface area contributed by atoms with E-state index in [4.69, 9.17) is 5.73 Å². The second-order valence-electron chi connectivity index (χ2n) is 2.78. The van der Waals surface area contributed by atoms with Crippen molar-refractivity contribution in [2.45, 2.75) is 0 Å². The van der Waals surface area contributed by atoms with Gasteiger partial charge in [0.25, 0.3) is 5.91 Å². The van der Waals surface area contributed by atoms with Crippen LogP contribution >= 0.6 is 0 Å². The zero-order valence-electron chi connectivity index (χ0n) is 7.07. The topological polar surface area (TPSA) is 86.6 Å². The fourth-order valence-corrected chi connectivity index (χ4v) is 1.23. The summed E-state index contributed by atoms with van der Waals surface area (Å²) in [6.07, 6.45) is 0. The normalized spacial score (nSPS) is 10.3. The molecule has 1 aromatic carbocycles. The molecular weight excluding hydrogens is 182 g/mol. The van der Waals surface area contributed by atoms with Gasteiger partial charge in [-0.2, -0.15) is 5.10 Å². The van der Waals surface area contributed by atoms with E-state index in [0.717, 1.165) is 0 Å². The monoisotopic (exact) mass is 188 g/mol. The molecule has 0 bridgehead atoms. The maximum Gasteiger partial charge on any atom is 0.294 e. The Labute approximate surface area is 78.5 Å². The smallest absolute Gasteiger partial charge is 0.286 e. The number of aromatic amines is 1. The summed E-state index contributed by atoms with van der Waals surface area (Å²) in [7, 11) is 0. The Morgan fingerprint density at radius 3 is 2.79 bits per heavy atom. The predicted molar refractivity (Wildman–Crippen MR) is 49.8 cm³/mol. The zero-order chi connectivity index (χ0) is 10.1. The number of fused-ring (bicyclic) bond motifs is 1. The second-order valence-corrected chi connectivity index (χ2v) is 2.78. The van der Waals surface area contributed by atoms with E-state index in [0.29, 0.717) is 10.9 Å². The molecule has 0 aliphatic rings. The summed E-state index contributed by atoms with van der Waals surface area (Å²) in [6, 6.07) is 6.71. The summed E-state index contributed by atoms with van der Waals surface area (Å²) < 4.78 is 0. The third-order valence-electron chi connectivity index (χ3n) is 1.89. The molecule has 69 valence electrons.